The number of aromatic nitrogens is 2. The largest absolute Gasteiger partial charge is 0.737 e. The van der Waals surface area contributed by atoms with E-state index in [4.69, 9.17) is 0 Å². The highest BCUT2D eigenvalue weighted by Crippen LogP contribution is 2.36. The lowest BCUT2D eigenvalue weighted by molar-refractivity contribution is -0.362. The molecule has 2 aromatic heterocycles. The van der Waals surface area contributed by atoms with Gasteiger partial charge >= 0.3 is 13.9 Å². The van der Waals surface area contributed by atoms with Crippen molar-refractivity contribution in [1.82, 2.24) is 8.96 Å². The van der Waals surface area contributed by atoms with Crippen LogP contribution in [0.25, 0.3) is 12.2 Å². The maximum absolute atomic E-state index is 16.1. The molecule has 0 radical (unpaired) electrons. The van der Waals surface area contributed by atoms with E-state index in [1.165, 1.54) is 17.9 Å². The number of fused-ring (bicyclic) bond motifs is 4. The molecule has 4 nitrogen and oxygen atoms in total. The minimum Gasteiger partial charge on any atom is -0.394 e. The van der Waals surface area contributed by atoms with Crippen molar-refractivity contribution in [1.29, 1.82) is 0 Å². The molecule has 0 spiro atoms. The zero-order valence-corrected chi connectivity index (χ0v) is 24.0. The Morgan fingerprint density at radius 2 is 1.52 bits per heavy atom. The maximum Gasteiger partial charge on any atom is 0.737 e. The van der Waals surface area contributed by atoms with Crippen LogP contribution in [0.5, 0.6) is 0 Å². The predicted octanol–water partition coefficient (Wildman–Crippen LogP) is 7.13. The van der Waals surface area contributed by atoms with E-state index in [0.29, 0.717) is 71.3 Å². The minimum absolute atomic E-state index is 0.474. The number of rotatable bonds is 7. The molecule has 0 bridgehead atoms. The third-order valence-electron chi connectivity index (χ3n) is 8.94. The van der Waals surface area contributed by atoms with Gasteiger partial charge in [0.25, 0.3) is 0 Å². The van der Waals surface area contributed by atoms with E-state index >= 15 is 17.3 Å². The summed E-state index contributed by atoms with van der Waals surface area (Å²) in [5.74, 6) is 0. The van der Waals surface area contributed by atoms with Crippen LogP contribution in [0.2, 0.25) is 0 Å². The number of nitrogens with zero attached hydrogens (tertiary/aromatic N) is 4. The lowest BCUT2D eigenvalue weighted by atomic mass is 9.89. The highest BCUT2D eigenvalue weighted by atomic mass is 19.3. The van der Waals surface area contributed by atoms with Gasteiger partial charge in [-0.15, -0.1) is 0 Å². The summed E-state index contributed by atoms with van der Waals surface area (Å²) in [6, 6.07) is 13.0. The van der Waals surface area contributed by atoms with Gasteiger partial charge in [0.1, 0.15) is 5.71 Å². The number of halogens is 4. The Hall–Kier alpha value is -4.07. The second-order valence-electron chi connectivity index (χ2n) is 11.7. The van der Waals surface area contributed by atoms with Crippen molar-refractivity contribution in [3.05, 3.63) is 118 Å². The van der Waals surface area contributed by atoms with E-state index in [1.54, 1.807) is 49.4 Å². The van der Waals surface area contributed by atoms with Crippen LogP contribution in [0, 0.1) is 13.8 Å². The summed E-state index contributed by atoms with van der Waals surface area (Å²) < 4.78 is 68.4. The minimum atomic E-state index is -4.05. The van der Waals surface area contributed by atoms with E-state index in [9.17, 15) is 0 Å². The van der Waals surface area contributed by atoms with E-state index in [1.807, 2.05) is 50.3 Å². The van der Waals surface area contributed by atoms with Gasteiger partial charge in [-0.25, -0.2) is 0 Å². The van der Waals surface area contributed by atoms with Crippen molar-refractivity contribution in [2.45, 2.75) is 52.9 Å². The number of hydrogen-bond acceptors (Lipinski definition) is 0. The van der Waals surface area contributed by atoms with Crippen molar-refractivity contribution in [2.75, 3.05) is 0 Å². The molecule has 7 rings (SSSR count). The Bertz CT molecular complexity index is 1850. The van der Waals surface area contributed by atoms with Gasteiger partial charge in [-0.1, -0.05) is 25.5 Å². The fourth-order valence-electron chi connectivity index (χ4n) is 7.15. The Labute approximate surface area is 243 Å². The molecule has 0 saturated heterocycles. The molecule has 214 valence electrons. The van der Waals surface area contributed by atoms with Gasteiger partial charge in [0.05, 0.1) is 0 Å². The van der Waals surface area contributed by atoms with Gasteiger partial charge in [0, 0.05) is 59.8 Å². The van der Waals surface area contributed by atoms with Crippen LogP contribution < -0.4 is 0 Å². The van der Waals surface area contributed by atoms with Crippen LogP contribution in [0.4, 0.5) is 17.3 Å². The number of benzene rings is 1. The standard InChI is InChI=1S/C32H32B2F4N4/c1-4-7-26-12-14-28-20-29-16-17-31(42(29)34(37,38)40(26)28)25-10-5-8-24(19-25)9-6-11-27-13-15-30-21-32-22(2)18-23(3)39(32)33(35,36)41(27)30/h5,8,10,12-21H,4,6-7,9,11H2,1-3H3. The van der Waals surface area contributed by atoms with E-state index in [0.717, 1.165) is 23.1 Å². The first-order valence-corrected chi connectivity index (χ1v) is 14.7. The first-order valence-electron chi connectivity index (χ1n) is 14.7. The maximum atomic E-state index is 16.1. The van der Waals surface area contributed by atoms with Crippen molar-refractivity contribution in [2.24, 2.45) is 0 Å². The van der Waals surface area contributed by atoms with Crippen LogP contribution in [0.1, 0.15) is 65.7 Å². The second-order valence-corrected chi connectivity index (χ2v) is 11.7. The summed E-state index contributed by atoms with van der Waals surface area (Å²) in [6.45, 7) is -2.46. The van der Waals surface area contributed by atoms with Crippen LogP contribution in [0.3, 0.4) is 0 Å². The molecule has 0 atom stereocenters. The first-order chi connectivity index (χ1) is 20.1. The average molecular weight is 570 g/mol. The molecule has 4 aliphatic rings. The summed E-state index contributed by atoms with van der Waals surface area (Å²) in [5, 5.41) is 0. The Morgan fingerprint density at radius 1 is 0.762 bits per heavy atom. The first kappa shape index (κ1) is 26.8. The molecule has 0 fully saturated rings. The van der Waals surface area contributed by atoms with Crippen molar-refractivity contribution in [3.63, 3.8) is 0 Å². The van der Waals surface area contributed by atoms with Crippen LogP contribution in [-0.4, -0.2) is 43.3 Å². The molecule has 0 unspecified atom stereocenters. The smallest absolute Gasteiger partial charge is 0.394 e. The molecule has 0 saturated carbocycles. The van der Waals surface area contributed by atoms with E-state index in [2.05, 4.69) is 0 Å². The third kappa shape index (κ3) is 3.91. The molecule has 6 heterocycles. The van der Waals surface area contributed by atoms with Gasteiger partial charge in [0.2, 0.25) is 0 Å². The molecule has 1 aromatic carbocycles. The number of hydrogen-bond donors (Lipinski definition) is 0. The highest BCUT2D eigenvalue weighted by Gasteiger charge is 2.53. The van der Waals surface area contributed by atoms with Crippen LogP contribution in [0.15, 0.2) is 78.2 Å². The highest BCUT2D eigenvalue weighted by molar-refractivity contribution is 6.58. The SMILES string of the molecule is CCCc1ccc2n1[B-](F)(F)[N+]1=C(c3cccc(CCCC4=[N+]5C(=Cc6c(C)cc(C)n6[B-]5(F)F)C=C4)c3)C=CC1=C2. The fraction of sp³-hybridized carbons (Fsp3) is 0.250. The van der Waals surface area contributed by atoms with Gasteiger partial charge in [-0.2, -0.15) is 0 Å². The molecule has 3 aromatic rings. The zero-order valence-electron chi connectivity index (χ0n) is 24.0. The summed E-state index contributed by atoms with van der Waals surface area (Å²) in [5.41, 5.74) is 6.93. The normalized spacial score (nSPS) is 19.1. The summed E-state index contributed by atoms with van der Waals surface area (Å²) in [6.07, 6.45) is 13.9. The molecule has 0 amide bonds. The molecule has 0 N–H and O–H groups in total. The third-order valence-corrected chi connectivity index (χ3v) is 8.94. The lowest BCUT2D eigenvalue weighted by Crippen LogP contribution is -2.51. The molecular formula is C32H32B2F4N4. The topological polar surface area (TPSA) is 15.9 Å². The Kier molecular flexibility index (Phi) is 6.05. The Balaban J connectivity index is 1.14. The second kappa shape index (κ2) is 9.48. The lowest BCUT2D eigenvalue weighted by Gasteiger charge is -2.30. The average Bonchev–Trinajstić information content (AvgIpc) is 3.71. The Morgan fingerprint density at radius 3 is 2.33 bits per heavy atom. The fourth-order valence-corrected chi connectivity index (χ4v) is 7.15. The summed E-state index contributed by atoms with van der Waals surface area (Å²) >= 11 is 0. The van der Waals surface area contributed by atoms with Gasteiger partial charge in [-0.3, -0.25) is 0 Å². The van der Waals surface area contributed by atoms with Crippen molar-refractivity contribution in [3.8, 4) is 0 Å². The zero-order chi connectivity index (χ0) is 29.4. The number of aryl methyl sites for hydroxylation is 4. The van der Waals surface area contributed by atoms with Gasteiger partial charge < -0.3 is 35.2 Å². The van der Waals surface area contributed by atoms with Gasteiger partial charge in [-0.05, 0) is 86.0 Å². The van der Waals surface area contributed by atoms with Crippen LogP contribution in [-0.2, 0) is 12.8 Å². The van der Waals surface area contributed by atoms with Crippen molar-refractivity contribution < 1.29 is 26.2 Å². The predicted molar refractivity (Wildman–Crippen MR) is 162 cm³/mol. The van der Waals surface area contributed by atoms with Crippen molar-refractivity contribution >= 4 is 37.5 Å². The monoisotopic (exact) mass is 570 g/mol. The molecule has 4 aliphatic heterocycles. The number of allylic oxidation sites excluding steroid dienone is 4. The molecule has 0 aliphatic carbocycles. The molecular weight excluding hydrogens is 538 g/mol. The van der Waals surface area contributed by atoms with E-state index in [-0.39, 0.29) is 0 Å². The van der Waals surface area contributed by atoms with Gasteiger partial charge in [0.15, 0.2) is 17.1 Å². The molecule has 42 heavy (non-hydrogen) atoms. The molecule has 10 heteroatoms. The van der Waals surface area contributed by atoms with Crippen LogP contribution >= 0.6 is 0 Å². The summed E-state index contributed by atoms with van der Waals surface area (Å²) in [7, 11) is 0. The summed E-state index contributed by atoms with van der Waals surface area (Å²) in [4.78, 5) is 0. The van der Waals surface area contributed by atoms with E-state index < -0.39 is 13.9 Å². The quantitative estimate of drug-likeness (QED) is 0.212.